The van der Waals surface area contributed by atoms with E-state index in [-0.39, 0.29) is 40.7 Å². The van der Waals surface area contributed by atoms with Gasteiger partial charge in [-0.25, -0.2) is 4.39 Å². The van der Waals surface area contributed by atoms with E-state index in [0.29, 0.717) is 5.56 Å². The number of nitrogens with zero attached hydrogens (tertiary/aromatic N) is 4. The molecular weight excluding hydrogens is 509 g/mol. The minimum Gasteiger partial charge on any atom is -0.342 e. The number of Topliss-reactive ketones (excluding diaryl/α,β-unsaturated/α-hetero) is 2. The molecule has 1 N–H and O–H groups in total. The van der Waals surface area contributed by atoms with Crippen molar-refractivity contribution in [1.29, 1.82) is 0 Å². The van der Waals surface area contributed by atoms with Gasteiger partial charge in [0.1, 0.15) is 6.33 Å². The van der Waals surface area contributed by atoms with Crippen molar-refractivity contribution in [2.45, 2.75) is 25.8 Å². The number of halogens is 2. The molecule has 0 aliphatic carbocycles. The van der Waals surface area contributed by atoms with Crippen molar-refractivity contribution in [2.75, 3.05) is 0 Å². The zero-order valence-electron chi connectivity index (χ0n) is 20.3. The standard InChI is InChI=1S/C28H23ClFN5O3/c1-18(36)21-9-7-20(8-10-21)16-26(37)24(15-19-5-3-2-4-6-19)32-27(38)14-11-22-25(35-17-31-33-34-35)13-12-23(29)28(22)30/h2-14,17,24H,15-16H2,1H3,(H,32,38)/b14-11+/t24-/m0/s1. The van der Waals surface area contributed by atoms with Crippen LogP contribution in [0.5, 0.6) is 0 Å². The van der Waals surface area contributed by atoms with E-state index in [4.69, 9.17) is 11.6 Å². The zero-order chi connectivity index (χ0) is 27.1. The molecule has 38 heavy (non-hydrogen) atoms. The van der Waals surface area contributed by atoms with Crippen LogP contribution in [-0.4, -0.2) is 43.7 Å². The third kappa shape index (κ3) is 6.63. The lowest BCUT2D eigenvalue weighted by molar-refractivity contribution is -0.125. The van der Waals surface area contributed by atoms with Crippen LogP contribution in [0.1, 0.15) is 34.0 Å². The van der Waals surface area contributed by atoms with Crippen LogP contribution >= 0.6 is 11.6 Å². The Kier molecular flexibility index (Phi) is 8.50. The summed E-state index contributed by atoms with van der Waals surface area (Å²) < 4.78 is 16.1. The highest BCUT2D eigenvalue weighted by atomic mass is 35.5. The van der Waals surface area contributed by atoms with E-state index in [2.05, 4.69) is 20.8 Å². The van der Waals surface area contributed by atoms with Gasteiger partial charge in [-0.1, -0.05) is 66.2 Å². The first-order valence-electron chi connectivity index (χ1n) is 11.7. The Hall–Kier alpha value is -4.50. The summed E-state index contributed by atoms with van der Waals surface area (Å²) in [6.45, 7) is 1.47. The third-order valence-electron chi connectivity index (χ3n) is 5.83. The van der Waals surface area contributed by atoms with Gasteiger partial charge in [0.2, 0.25) is 5.91 Å². The Morgan fingerprint density at radius 3 is 2.42 bits per heavy atom. The number of hydrogen-bond donors (Lipinski definition) is 1. The molecule has 4 aromatic rings. The van der Waals surface area contributed by atoms with Crippen LogP contribution in [0.4, 0.5) is 4.39 Å². The van der Waals surface area contributed by atoms with Gasteiger partial charge in [-0.05, 0) is 53.1 Å². The summed E-state index contributed by atoms with van der Waals surface area (Å²) in [6.07, 6.45) is 4.02. The van der Waals surface area contributed by atoms with Gasteiger partial charge in [0.15, 0.2) is 17.4 Å². The molecule has 10 heteroatoms. The van der Waals surface area contributed by atoms with Gasteiger partial charge in [0.05, 0.1) is 16.8 Å². The molecule has 0 radical (unpaired) electrons. The average molecular weight is 532 g/mol. The Balaban J connectivity index is 1.54. The molecule has 1 heterocycles. The Bertz CT molecular complexity index is 1470. The number of hydrogen-bond acceptors (Lipinski definition) is 6. The normalized spacial score (nSPS) is 11.9. The SMILES string of the molecule is CC(=O)c1ccc(CC(=O)[C@H](Cc2ccccc2)NC(=O)/C=C/c2c(-n3cnnn3)ccc(Cl)c2F)cc1. The molecule has 1 aromatic heterocycles. The average Bonchev–Trinajstić information content (AvgIpc) is 3.45. The molecule has 0 fully saturated rings. The topological polar surface area (TPSA) is 107 Å². The molecule has 192 valence electrons. The number of benzene rings is 3. The van der Waals surface area contributed by atoms with E-state index in [1.165, 1.54) is 36.1 Å². The van der Waals surface area contributed by atoms with Crippen molar-refractivity contribution >= 4 is 35.2 Å². The summed E-state index contributed by atoms with van der Waals surface area (Å²) in [5.41, 5.74) is 2.43. The fourth-order valence-electron chi connectivity index (χ4n) is 3.84. The first-order chi connectivity index (χ1) is 18.3. The number of carbonyl (C=O) groups excluding carboxylic acids is 3. The van der Waals surface area contributed by atoms with Crippen LogP contribution in [-0.2, 0) is 22.4 Å². The molecule has 0 bridgehead atoms. The van der Waals surface area contributed by atoms with Crippen LogP contribution in [0.25, 0.3) is 11.8 Å². The predicted octanol–water partition coefficient (Wildman–Crippen LogP) is 4.21. The van der Waals surface area contributed by atoms with Crippen molar-refractivity contribution < 1.29 is 18.8 Å². The molecule has 3 aromatic carbocycles. The second-order valence-electron chi connectivity index (χ2n) is 8.53. The lowest BCUT2D eigenvalue weighted by atomic mass is 9.97. The van der Waals surface area contributed by atoms with Crippen LogP contribution in [0.3, 0.4) is 0 Å². The minimum atomic E-state index is -0.842. The summed E-state index contributed by atoms with van der Waals surface area (Å²) in [6, 6.07) is 18.1. The smallest absolute Gasteiger partial charge is 0.244 e. The lowest BCUT2D eigenvalue weighted by Crippen LogP contribution is -2.42. The summed E-state index contributed by atoms with van der Waals surface area (Å²) >= 11 is 5.95. The van der Waals surface area contributed by atoms with Gasteiger partial charge in [-0.2, -0.15) is 4.68 Å². The largest absolute Gasteiger partial charge is 0.342 e. The molecule has 1 amide bonds. The van der Waals surface area contributed by atoms with Crippen molar-refractivity contribution in [1.82, 2.24) is 25.5 Å². The van der Waals surface area contributed by atoms with E-state index in [0.717, 1.165) is 17.2 Å². The molecule has 0 saturated carbocycles. The van der Waals surface area contributed by atoms with Crippen molar-refractivity contribution in [3.63, 3.8) is 0 Å². The van der Waals surface area contributed by atoms with E-state index >= 15 is 0 Å². The number of carbonyl (C=O) groups is 3. The summed E-state index contributed by atoms with van der Waals surface area (Å²) in [7, 11) is 0. The third-order valence-corrected chi connectivity index (χ3v) is 6.13. The number of amides is 1. The maximum atomic E-state index is 14.8. The predicted molar refractivity (Wildman–Crippen MR) is 140 cm³/mol. The van der Waals surface area contributed by atoms with Crippen molar-refractivity contribution in [2.24, 2.45) is 0 Å². The van der Waals surface area contributed by atoms with Gasteiger partial charge in [0, 0.05) is 23.6 Å². The summed E-state index contributed by atoms with van der Waals surface area (Å²) in [5.74, 6) is -1.61. The first-order valence-corrected chi connectivity index (χ1v) is 12.1. The van der Waals surface area contributed by atoms with Gasteiger partial charge >= 0.3 is 0 Å². The minimum absolute atomic E-state index is 0.0106. The van der Waals surface area contributed by atoms with Gasteiger partial charge in [0.25, 0.3) is 0 Å². The fourth-order valence-corrected chi connectivity index (χ4v) is 4.01. The highest BCUT2D eigenvalue weighted by molar-refractivity contribution is 6.31. The number of aromatic nitrogens is 4. The summed E-state index contributed by atoms with van der Waals surface area (Å²) in [4.78, 5) is 37.7. The summed E-state index contributed by atoms with van der Waals surface area (Å²) in [5, 5.41) is 13.5. The fraction of sp³-hybridized carbons (Fsp3) is 0.143. The van der Waals surface area contributed by atoms with Crippen LogP contribution < -0.4 is 5.32 Å². The molecule has 0 saturated heterocycles. The van der Waals surface area contributed by atoms with Crippen LogP contribution in [0.2, 0.25) is 5.02 Å². The van der Waals surface area contributed by atoms with Crippen molar-refractivity contribution in [3.8, 4) is 5.69 Å². The van der Waals surface area contributed by atoms with E-state index < -0.39 is 17.8 Å². The molecule has 0 spiro atoms. The Morgan fingerprint density at radius 1 is 1.03 bits per heavy atom. The molecule has 0 unspecified atom stereocenters. The van der Waals surface area contributed by atoms with Crippen molar-refractivity contribution in [3.05, 3.63) is 112 Å². The highest BCUT2D eigenvalue weighted by Gasteiger charge is 2.21. The molecule has 0 aliphatic rings. The molecule has 0 aliphatic heterocycles. The number of ketones is 2. The molecule has 1 atom stereocenters. The monoisotopic (exact) mass is 531 g/mol. The zero-order valence-corrected chi connectivity index (χ0v) is 21.1. The van der Waals surface area contributed by atoms with Gasteiger partial charge < -0.3 is 5.32 Å². The van der Waals surface area contributed by atoms with Crippen LogP contribution in [0.15, 0.2) is 79.1 Å². The maximum absolute atomic E-state index is 14.8. The van der Waals surface area contributed by atoms with E-state index in [1.54, 1.807) is 24.3 Å². The van der Waals surface area contributed by atoms with Crippen LogP contribution in [0, 0.1) is 5.82 Å². The van der Waals surface area contributed by atoms with Gasteiger partial charge in [-0.15, -0.1) is 5.10 Å². The quantitative estimate of drug-likeness (QED) is 0.243. The van der Waals surface area contributed by atoms with E-state index in [9.17, 15) is 18.8 Å². The van der Waals surface area contributed by atoms with Gasteiger partial charge in [-0.3, -0.25) is 14.4 Å². The lowest BCUT2D eigenvalue weighted by Gasteiger charge is -2.17. The second kappa shape index (κ2) is 12.2. The second-order valence-corrected chi connectivity index (χ2v) is 8.94. The van der Waals surface area contributed by atoms with E-state index in [1.807, 2.05) is 30.3 Å². The number of nitrogens with one attached hydrogen (secondary N) is 1. The highest BCUT2D eigenvalue weighted by Crippen LogP contribution is 2.25. The Labute approximate surface area is 223 Å². The Morgan fingerprint density at radius 2 is 1.76 bits per heavy atom. The first kappa shape index (κ1) is 26.6. The number of rotatable bonds is 10. The maximum Gasteiger partial charge on any atom is 0.244 e. The molecule has 8 nitrogen and oxygen atoms in total. The number of tetrazole rings is 1. The molecule has 4 rings (SSSR count). The molecular formula is C28H23ClFN5O3.